The average molecular weight is 327 g/mol. The Kier molecular flexibility index (Phi) is 3.20. The molecule has 0 bridgehead atoms. The molecule has 1 heterocycles. The van der Waals surface area contributed by atoms with Crippen LogP contribution < -0.4 is 15.2 Å². The van der Waals surface area contributed by atoms with Crippen molar-refractivity contribution in [3.8, 4) is 22.6 Å². The van der Waals surface area contributed by atoms with Gasteiger partial charge in [0.15, 0.2) is 11.5 Å². The van der Waals surface area contributed by atoms with Gasteiger partial charge in [-0.25, -0.2) is 0 Å². The molecule has 0 radical (unpaired) electrons. The van der Waals surface area contributed by atoms with Crippen molar-refractivity contribution in [1.29, 1.82) is 0 Å². The average Bonchev–Trinajstić information content (AvgIpc) is 2.47. The minimum atomic E-state index is -4.80. The van der Waals surface area contributed by atoms with Crippen LogP contribution in [0.25, 0.3) is 11.1 Å². The largest absolute Gasteiger partial charge is 0.507 e. The molecule has 8 heteroatoms. The van der Waals surface area contributed by atoms with Crippen LogP contribution in [0.5, 0.6) is 11.5 Å². The third-order valence-electron chi connectivity index (χ3n) is 3.26. The summed E-state index contributed by atoms with van der Waals surface area (Å²) in [6.07, 6.45) is -9.57. The van der Waals surface area contributed by atoms with E-state index in [-0.39, 0.29) is 5.56 Å². The van der Waals surface area contributed by atoms with Gasteiger partial charge >= 0.3 is 12.2 Å². The number of nitrogens with two attached hydrogens (primary N) is 1. The van der Waals surface area contributed by atoms with Gasteiger partial charge in [0.2, 0.25) is 5.91 Å². The lowest BCUT2D eigenvalue weighted by atomic mass is 9.99. The molecular formula is C15H9F4NO3. The van der Waals surface area contributed by atoms with Crippen LogP contribution in [0.1, 0.15) is 10.4 Å². The fraction of sp³-hybridized carbons (Fsp3) is 0.133. The number of ether oxygens (including phenoxy) is 2. The minimum absolute atomic E-state index is 0.154. The topological polar surface area (TPSA) is 61.6 Å². The Hall–Kier alpha value is -2.77. The second-order valence-electron chi connectivity index (χ2n) is 4.81. The van der Waals surface area contributed by atoms with Crippen LogP contribution in [0, 0.1) is 0 Å². The Morgan fingerprint density at radius 1 is 0.913 bits per heavy atom. The molecular weight excluding hydrogens is 318 g/mol. The molecule has 0 atom stereocenters. The summed E-state index contributed by atoms with van der Waals surface area (Å²) in [5.41, 5.74) is 6.06. The van der Waals surface area contributed by atoms with Gasteiger partial charge in [-0.2, -0.15) is 17.6 Å². The number of benzene rings is 2. The van der Waals surface area contributed by atoms with Gasteiger partial charge < -0.3 is 15.2 Å². The number of carbonyl (C=O) groups excluding carboxylic acids is 1. The smallest absolute Gasteiger partial charge is 0.421 e. The summed E-state index contributed by atoms with van der Waals surface area (Å²) in [4.78, 5) is 11.4. The number of hydrogen-bond donors (Lipinski definition) is 1. The van der Waals surface area contributed by atoms with Crippen molar-refractivity contribution in [2.75, 3.05) is 0 Å². The first kappa shape index (κ1) is 15.1. The minimum Gasteiger partial charge on any atom is -0.421 e. The highest BCUT2D eigenvalue weighted by molar-refractivity contribution is 5.99. The molecule has 0 saturated heterocycles. The van der Waals surface area contributed by atoms with Crippen molar-refractivity contribution in [2.45, 2.75) is 12.2 Å². The van der Waals surface area contributed by atoms with Crippen LogP contribution in [0.3, 0.4) is 0 Å². The molecule has 0 aromatic heterocycles. The van der Waals surface area contributed by atoms with Crippen molar-refractivity contribution < 1.29 is 31.8 Å². The first-order valence-corrected chi connectivity index (χ1v) is 6.38. The Labute approximate surface area is 127 Å². The van der Waals surface area contributed by atoms with E-state index < -0.39 is 29.6 Å². The lowest BCUT2D eigenvalue weighted by molar-refractivity contribution is -0.391. The van der Waals surface area contributed by atoms with E-state index in [1.807, 2.05) is 0 Å². The molecule has 0 spiro atoms. The first-order valence-electron chi connectivity index (χ1n) is 6.38. The summed E-state index contributed by atoms with van der Waals surface area (Å²) < 4.78 is 60.7. The van der Waals surface area contributed by atoms with Gasteiger partial charge in [-0.15, -0.1) is 0 Å². The Morgan fingerprint density at radius 3 is 2.17 bits per heavy atom. The highest BCUT2D eigenvalue weighted by atomic mass is 19.3. The van der Waals surface area contributed by atoms with Crippen molar-refractivity contribution in [2.24, 2.45) is 5.73 Å². The fourth-order valence-electron chi connectivity index (χ4n) is 2.18. The Bertz CT molecular complexity index is 792. The lowest BCUT2D eigenvalue weighted by Gasteiger charge is -2.32. The number of hydrogen-bond acceptors (Lipinski definition) is 3. The number of amides is 1. The van der Waals surface area contributed by atoms with Crippen molar-refractivity contribution in [3.63, 3.8) is 0 Å². The molecule has 0 unspecified atom stereocenters. The molecule has 4 nitrogen and oxygen atoms in total. The van der Waals surface area contributed by atoms with Crippen LogP contribution in [0.2, 0.25) is 0 Å². The van der Waals surface area contributed by atoms with Crippen molar-refractivity contribution >= 4 is 5.91 Å². The van der Waals surface area contributed by atoms with E-state index in [9.17, 15) is 22.4 Å². The summed E-state index contributed by atoms with van der Waals surface area (Å²) in [5.74, 6) is -1.80. The van der Waals surface area contributed by atoms with Crippen LogP contribution >= 0.6 is 0 Å². The molecule has 0 fully saturated rings. The van der Waals surface area contributed by atoms with E-state index in [1.165, 1.54) is 18.2 Å². The van der Waals surface area contributed by atoms with Gasteiger partial charge in [0.1, 0.15) is 0 Å². The van der Waals surface area contributed by atoms with Gasteiger partial charge in [-0.3, -0.25) is 4.79 Å². The van der Waals surface area contributed by atoms with E-state index in [0.717, 1.165) is 12.1 Å². The normalized spacial score (nSPS) is 17.6. The third-order valence-corrected chi connectivity index (χ3v) is 3.26. The molecule has 1 aliphatic rings. The maximum atomic E-state index is 13.2. The van der Waals surface area contributed by atoms with Gasteiger partial charge in [0, 0.05) is 5.56 Å². The molecule has 23 heavy (non-hydrogen) atoms. The molecule has 120 valence electrons. The molecule has 3 rings (SSSR count). The molecule has 2 aromatic rings. The third kappa shape index (κ3) is 2.45. The van der Waals surface area contributed by atoms with Crippen LogP contribution in [-0.2, 0) is 0 Å². The fourth-order valence-corrected chi connectivity index (χ4v) is 2.18. The van der Waals surface area contributed by atoms with Crippen molar-refractivity contribution in [3.05, 3.63) is 48.0 Å². The van der Waals surface area contributed by atoms with E-state index in [0.29, 0.717) is 11.1 Å². The highest BCUT2D eigenvalue weighted by Gasteiger charge is 2.65. The predicted molar refractivity (Wildman–Crippen MR) is 71.5 cm³/mol. The second kappa shape index (κ2) is 4.87. The zero-order valence-corrected chi connectivity index (χ0v) is 11.4. The van der Waals surface area contributed by atoms with E-state index >= 15 is 0 Å². The highest BCUT2D eigenvalue weighted by Crippen LogP contribution is 2.48. The van der Waals surface area contributed by atoms with E-state index in [4.69, 9.17) is 5.73 Å². The number of alkyl halides is 4. The Morgan fingerprint density at radius 2 is 1.52 bits per heavy atom. The quantitative estimate of drug-likeness (QED) is 0.860. The summed E-state index contributed by atoms with van der Waals surface area (Å²) in [6.45, 7) is 0. The van der Waals surface area contributed by atoms with E-state index in [1.54, 1.807) is 12.1 Å². The zero-order valence-electron chi connectivity index (χ0n) is 11.4. The summed E-state index contributed by atoms with van der Waals surface area (Å²) in [7, 11) is 0. The van der Waals surface area contributed by atoms with Crippen molar-refractivity contribution in [1.82, 2.24) is 0 Å². The van der Waals surface area contributed by atoms with Gasteiger partial charge in [0.25, 0.3) is 0 Å². The molecule has 0 saturated carbocycles. The standard InChI is InChI=1S/C15H9F4NO3/c16-14(17)15(18,19)23-12-7-8(5-6-11(12)22-14)9-3-1-2-4-10(9)13(20)21/h1-7H,(H2,20,21). The predicted octanol–water partition coefficient (Wildman–Crippen LogP) is 3.41. The second-order valence-corrected chi connectivity index (χ2v) is 4.81. The summed E-state index contributed by atoms with van der Waals surface area (Å²) >= 11 is 0. The number of rotatable bonds is 2. The lowest BCUT2D eigenvalue weighted by Crippen LogP contribution is -2.52. The van der Waals surface area contributed by atoms with Gasteiger partial charge in [-0.1, -0.05) is 24.3 Å². The maximum absolute atomic E-state index is 13.2. The first-order chi connectivity index (χ1) is 10.7. The molecule has 1 aliphatic heterocycles. The van der Waals surface area contributed by atoms with E-state index in [2.05, 4.69) is 9.47 Å². The molecule has 1 amide bonds. The van der Waals surface area contributed by atoms with Gasteiger partial charge in [-0.05, 0) is 29.3 Å². The van der Waals surface area contributed by atoms with Crippen LogP contribution in [-0.4, -0.2) is 18.1 Å². The number of halogens is 4. The number of fused-ring (bicyclic) bond motifs is 1. The number of primary amides is 1. The zero-order chi connectivity index (χ0) is 16.8. The monoisotopic (exact) mass is 327 g/mol. The SMILES string of the molecule is NC(=O)c1ccccc1-c1ccc2c(c1)OC(F)(F)C(F)(F)O2. The van der Waals surface area contributed by atoms with Crippen LogP contribution in [0.15, 0.2) is 42.5 Å². The molecule has 2 N–H and O–H groups in total. The Balaban J connectivity index is 2.09. The van der Waals surface area contributed by atoms with Gasteiger partial charge in [0.05, 0.1) is 0 Å². The maximum Gasteiger partial charge on any atom is 0.507 e. The molecule has 2 aromatic carbocycles. The van der Waals surface area contributed by atoms with Crippen LogP contribution in [0.4, 0.5) is 17.6 Å². The number of carbonyl (C=O) groups is 1. The summed E-state index contributed by atoms with van der Waals surface area (Å²) in [5, 5.41) is 0. The summed E-state index contributed by atoms with van der Waals surface area (Å²) in [6, 6.07) is 9.67. The molecule has 0 aliphatic carbocycles.